The highest BCUT2D eigenvalue weighted by atomic mass is 15.2. The lowest BCUT2D eigenvalue weighted by Crippen LogP contribution is -2.19. The SMILES string of the molecule is CC/C=C1/N=C(N)C=CN1C. The fourth-order valence-electron chi connectivity index (χ4n) is 0.885. The number of hydrogen-bond donors (Lipinski definition) is 1. The first-order valence-electron chi connectivity index (χ1n) is 3.69. The molecule has 0 radical (unpaired) electrons. The molecule has 0 aromatic heterocycles. The minimum Gasteiger partial charge on any atom is -0.384 e. The van der Waals surface area contributed by atoms with Gasteiger partial charge in [0, 0.05) is 13.2 Å². The Bertz CT molecular complexity index is 225. The summed E-state index contributed by atoms with van der Waals surface area (Å²) in [6, 6.07) is 0. The Morgan fingerprint density at radius 3 is 3.09 bits per heavy atom. The smallest absolute Gasteiger partial charge is 0.130 e. The molecule has 0 amide bonds. The Hall–Kier alpha value is -1.25. The van der Waals surface area contributed by atoms with Gasteiger partial charge in [0.1, 0.15) is 11.7 Å². The van der Waals surface area contributed by atoms with Crippen LogP contribution in [0.1, 0.15) is 13.3 Å². The van der Waals surface area contributed by atoms with E-state index in [1.807, 2.05) is 24.2 Å². The monoisotopic (exact) mass is 151 g/mol. The maximum absolute atomic E-state index is 5.51. The van der Waals surface area contributed by atoms with Gasteiger partial charge >= 0.3 is 0 Å². The topological polar surface area (TPSA) is 41.6 Å². The van der Waals surface area contributed by atoms with Gasteiger partial charge in [-0.2, -0.15) is 0 Å². The summed E-state index contributed by atoms with van der Waals surface area (Å²) in [5.41, 5.74) is 5.51. The number of nitrogens with two attached hydrogens (primary N) is 1. The van der Waals surface area contributed by atoms with Crippen molar-refractivity contribution in [2.75, 3.05) is 7.05 Å². The number of aliphatic imine (C=N–C) groups is 1. The zero-order valence-corrected chi connectivity index (χ0v) is 6.91. The van der Waals surface area contributed by atoms with Crippen LogP contribution >= 0.6 is 0 Å². The van der Waals surface area contributed by atoms with Crippen LogP contribution < -0.4 is 5.73 Å². The van der Waals surface area contributed by atoms with E-state index in [0.717, 1.165) is 12.2 Å². The first kappa shape index (κ1) is 7.85. The van der Waals surface area contributed by atoms with Gasteiger partial charge in [-0.25, -0.2) is 4.99 Å². The van der Waals surface area contributed by atoms with Crippen LogP contribution in [0.5, 0.6) is 0 Å². The van der Waals surface area contributed by atoms with Crippen molar-refractivity contribution in [1.82, 2.24) is 4.90 Å². The van der Waals surface area contributed by atoms with E-state index in [1.54, 1.807) is 6.08 Å². The second-order valence-corrected chi connectivity index (χ2v) is 2.43. The third kappa shape index (κ3) is 1.83. The van der Waals surface area contributed by atoms with Crippen molar-refractivity contribution in [3.63, 3.8) is 0 Å². The van der Waals surface area contributed by atoms with Crippen LogP contribution in [0.3, 0.4) is 0 Å². The molecular weight excluding hydrogens is 138 g/mol. The molecule has 0 saturated heterocycles. The normalized spacial score (nSPS) is 20.7. The molecule has 0 bridgehead atoms. The van der Waals surface area contributed by atoms with E-state index in [-0.39, 0.29) is 0 Å². The average molecular weight is 151 g/mol. The van der Waals surface area contributed by atoms with E-state index in [0.29, 0.717) is 5.84 Å². The van der Waals surface area contributed by atoms with Gasteiger partial charge in [-0.15, -0.1) is 0 Å². The number of rotatable bonds is 1. The van der Waals surface area contributed by atoms with Gasteiger partial charge in [0.15, 0.2) is 0 Å². The minimum atomic E-state index is 0.572. The average Bonchev–Trinajstić information content (AvgIpc) is 1.98. The van der Waals surface area contributed by atoms with E-state index in [9.17, 15) is 0 Å². The Morgan fingerprint density at radius 2 is 2.45 bits per heavy atom. The summed E-state index contributed by atoms with van der Waals surface area (Å²) in [6.07, 6.45) is 6.71. The summed E-state index contributed by atoms with van der Waals surface area (Å²) in [5.74, 6) is 1.50. The van der Waals surface area contributed by atoms with E-state index in [1.165, 1.54) is 0 Å². The largest absolute Gasteiger partial charge is 0.384 e. The Morgan fingerprint density at radius 1 is 1.73 bits per heavy atom. The fraction of sp³-hybridized carbons (Fsp3) is 0.375. The van der Waals surface area contributed by atoms with Gasteiger partial charge in [0.05, 0.1) is 0 Å². The molecule has 1 rings (SSSR count). The van der Waals surface area contributed by atoms with Crippen molar-refractivity contribution in [3.05, 3.63) is 24.2 Å². The Labute approximate surface area is 66.9 Å². The van der Waals surface area contributed by atoms with Crippen molar-refractivity contribution in [3.8, 4) is 0 Å². The maximum atomic E-state index is 5.51. The molecule has 0 aliphatic carbocycles. The summed E-state index contributed by atoms with van der Waals surface area (Å²) >= 11 is 0. The lowest BCUT2D eigenvalue weighted by Gasteiger charge is -2.17. The zero-order chi connectivity index (χ0) is 8.27. The van der Waals surface area contributed by atoms with Gasteiger partial charge in [0.25, 0.3) is 0 Å². The quantitative estimate of drug-likeness (QED) is 0.608. The van der Waals surface area contributed by atoms with Crippen LogP contribution in [0.15, 0.2) is 29.2 Å². The Kier molecular flexibility index (Phi) is 2.31. The molecule has 60 valence electrons. The van der Waals surface area contributed by atoms with Crippen LogP contribution in [-0.2, 0) is 0 Å². The van der Waals surface area contributed by atoms with Gasteiger partial charge in [-0.1, -0.05) is 6.92 Å². The number of nitrogens with zero attached hydrogens (tertiary/aromatic N) is 2. The van der Waals surface area contributed by atoms with Crippen LogP contribution in [0.2, 0.25) is 0 Å². The van der Waals surface area contributed by atoms with Gasteiger partial charge in [-0.3, -0.25) is 0 Å². The molecule has 1 heterocycles. The molecule has 1 aliphatic heterocycles. The van der Waals surface area contributed by atoms with Crippen molar-refractivity contribution in [1.29, 1.82) is 0 Å². The number of allylic oxidation sites excluding steroid dienone is 1. The van der Waals surface area contributed by atoms with E-state index >= 15 is 0 Å². The van der Waals surface area contributed by atoms with Gasteiger partial charge < -0.3 is 10.6 Å². The molecule has 11 heavy (non-hydrogen) atoms. The second kappa shape index (κ2) is 3.23. The molecule has 0 unspecified atom stereocenters. The van der Waals surface area contributed by atoms with Gasteiger partial charge in [-0.05, 0) is 18.6 Å². The molecule has 0 fully saturated rings. The molecular formula is C8H13N3. The van der Waals surface area contributed by atoms with E-state index in [4.69, 9.17) is 5.73 Å². The molecule has 0 aromatic rings. The molecule has 0 saturated carbocycles. The predicted octanol–water partition coefficient (Wildman–Crippen LogP) is 1.05. The lowest BCUT2D eigenvalue weighted by atomic mass is 10.4. The van der Waals surface area contributed by atoms with Crippen molar-refractivity contribution in [2.24, 2.45) is 10.7 Å². The summed E-state index contributed by atoms with van der Waals surface area (Å²) in [4.78, 5) is 6.09. The zero-order valence-electron chi connectivity index (χ0n) is 6.91. The van der Waals surface area contributed by atoms with Crippen LogP contribution in [0.4, 0.5) is 0 Å². The minimum absolute atomic E-state index is 0.572. The summed E-state index contributed by atoms with van der Waals surface area (Å²) < 4.78 is 0. The summed E-state index contributed by atoms with van der Waals surface area (Å²) in [7, 11) is 1.95. The predicted molar refractivity (Wildman–Crippen MR) is 46.9 cm³/mol. The number of amidine groups is 1. The van der Waals surface area contributed by atoms with E-state index in [2.05, 4.69) is 11.9 Å². The first-order chi connectivity index (χ1) is 5.24. The first-order valence-corrected chi connectivity index (χ1v) is 3.69. The van der Waals surface area contributed by atoms with Crippen LogP contribution in [0.25, 0.3) is 0 Å². The lowest BCUT2D eigenvalue weighted by molar-refractivity contribution is 0.553. The third-order valence-electron chi connectivity index (χ3n) is 1.46. The maximum Gasteiger partial charge on any atom is 0.130 e. The summed E-state index contributed by atoms with van der Waals surface area (Å²) in [6.45, 7) is 2.07. The van der Waals surface area contributed by atoms with Gasteiger partial charge in [0.2, 0.25) is 0 Å². The van der Waals surface area contributed by atoms with Crippen LogP contribution in [0, 0.1) is 0 Å². The fourth-order valence-corrected chi connectivity index (χ4v) is 0.885. The molecule has 3 nitrogen and oxygen atoms in total. The highest BCUT2D eigenvalue weighted by molar-refractivity contribution is 5.92. The highest BCUT2D eigenvalue weighted by Gasteiger charge is 2.03. The van der Waals surface area contributed by atoms with Crippen molar-refractivity contribution in [2.45, 2.75) is 13.3 Å². The summed E-state index contributed by atoms with van der Waals surface area (Å²) in [5, 5.41) is 0. The van der Waals surface area contributed by atoms with Crippen molar-refractivity contribution >= 4 is 5.84 Å². The van der Waals surface area contributed by atoms with Crippen molar-refractivity contribution < 1.29 is 0 Å². The molecule has 3 heteroatoms. The highest BCUT2D eigenvalue weighted by Crippen LogP contribution is 2.09. The third-order valence-corrected chi connectivity index (χ3v) is 1.46. The molecule has 0 atom stereocenters. The Balaban J connectivity index is 2.81. The molecule has 0 aromatic carbocycles. The second-order valence-electron chi connectivity index (χ2n) is 2.43. The molecule has 0 spiro atoms. The molecule has 2 N–H and O–H groups in total. The number of hydrogen-bond acceptors (Lipinski definition) is 3. The van der Waals surface area contributed by atoms with Crippen LogP contribution in [-0.4, -0.2) is 17.8 Å². The van der Waals surface area contributed by atoms with E-state index < -0.39 is 0 Å². The standard InChI is InChI=1S/C8H13N3/c1-3-4-8-10-7(9)5-6-11(8)2/h4-6H,3H2,1-2H3,(H2,9,10)/b8-4-. The molecule has 1 aliphatic rings.